The van der Waals surface area contributed by atoms with Crippen LogP contribution < -0.4 is 5.32 Å². The number of carboxylic acid groups (broad SMARTS) is 1. The standard InChI is InChI=1S/C14H19NO5S/c1-3-4-5-12(14(17)18)15-13(16)10-6-8-11(9-7-10)21(2,19)20/h6-9,12H,3-5H2,1-2H3,(H,15,16)(H,17,18)/t12-/m0/s1. The smallest absolute Gasteiger partial charge is 0.326 e. The van der Waals surface area contributed by atoms with Gasteiger partial charge in [-0.05, 0) is 30.7 Å². The van der Waals surface area contributed by atoms with Crippen molar-refractivity contribution in [2.75, 3.05) is 6.26 Å². The number of hydrogen-bond acceptors (Lipinski definition) is 4. The van der Waals surface area contributed by atoms with Crippen LogP contribution in [0, 0.1) is 0 Å². The third kappa shape index (κ3) is 5.18. The van der Waals surface area contributed by atoms with Gasteiger partial charge >= 0.3 is 5.97 Å². The molecular formula is C14H19NO5S. The zero-order valence-electron chi connectivity index (χ0n) is 12.0. The van der Waals surface area contributed by atoms with Crippen molar-refractivity contribution in [2.24, 2.45) is 0 Å². The molecule has 0 aromatic heterocycles. The fraction of sp³-hybridized carbons (Fsp3) is 0.429. The molecule has 0 aliphatic rings. The highest BCUT2D eigenvalue weighted by molar-refractivity contribution is 7.90. The largest absolute Gasteiger partial charge is 0.480 e. The molecule has 21 heavy (non-hydrogen) atoms. The summed E-state index contributed by atoms with van der Waals surface area (Å²) < 4.78 is 22.6. The molecule has 1 rings (SSSR count). The molecule has 0 heterocycles. The van der Waals surface area contributed by atoms with E-state index in [9.17, 15) is 18.0 Å². The molecule has 0 radical (unpaired) electrons. The van der Waals surface area contributed by atoms with E-state index in [1.807, 2.05) is 6.92 Å². The summed E-state index contributed by atoms with van der Waals surface area (Å²) in [6.07, 6.45) is 2.97. The summed E-state index contributed by atoms with van der Waals surface area (Å²) in [6.45, 7) is 1.94. The summed E-state index contributed by atoms with van der Waals surface area (Å²) >= 11 is 0. The number of rotatable bonds is 7. The van der Waals surface area contributed by atoms with E-state index in [4.69, 9.17) is 5.11 Å². The van der Waals surface area contributed by atoms with Crippen molar-refractivity contribution in [1.29, 1.82) is 0 Å². The maximum Gasteiger partial charge on any atom is 0.326 e. The van der Waals surface area contributed by atoms with Gasteiger partial charge in [0.15, 0.2) is 9.84 Å². The van der Waals surface area contributed by atoms with Crippen molar-refractivity contribution >= 4 is 21.7 Å². The number of amides is 1. The minimum absolute atomic E-state index is 0.111. The van der Waals surface area contributed by atoms with E-state index >= 15 is 0 Å². The molecule has 0 fully saturated rings. The van der Waals surface area contributed by atoms with Gasteiger partial charge in [-0.1, -0.05) is 19.8 Å². The monoisotopic (exact) mass is 313 g/mol. The van der Waals surface area contributed by atoms with E-state index < -0.39 is 27.8 Å². The lowest BCUT2D eigenvalue weighted by molar-refractivity contribution is -0.139. The summed E-state index contributed by atoms with van der Waals surface area (Å²) in [7, 11) is -3.32. The zero-order chi connectivity index (χ0) is 16.0. The van der Waals surface area contributed by atoms with Crippen molar-refractivity contribution in [3.05, 3.63) is 29.8 Å². The van der Waals surface area contributed by atoms with E-state index in [0.29, 0.717) is 12.8 Å². The number of benzene rings is 1. The first-order valence-corrected chi connectivity index (χ1v) is 8.48. The predicted molar refractivity (Wildman–Crippen MR) is 78.0 cm³/mol. The van der Waals surface area contributed by atoms with Crippen LogP contribution in [0.15, 0.2) is 29.2 Å². The van der Waals surface area contributed by atoms with Gasteiger partial charge in [-0.15, -0.1) is 0 Å². The molecule has 6 nitrogen and oxygen atoms in total. The second-order valence-electron chi connectivity index (χ2n) is 4.80. The minimum Gasteiger partial charge on any atom is -0.480 e. The molecule has 0 unspecified atom stereocenters. The molecule has 0 aliphatic carbocycles. The molecule has 0 spiro atoms. The average Bonchev–Trinajstić information content (AvgIpc) is 2.42. The number of aliphatic carboxylic acids is 1. The Labute approximate surface area is 124 Å². The van der Waals surface area contributed by atoms with Gasteiger partial charge in [0.2, 0.25) is 0 Å². The third-order valence-corrected chi connectivity index (χ3v) is 4.12. The molecule has 0 saturated carbocycles. The van der Waals surface area contributed by atoms with Crippen molar-refractivity contribution in [2.45, 2.75) is 37.1 Å². The van der Waals surface area contributed by atoms with Gasteiger partial charge < -0.3 is 10.4 Å². The van der Waals surface area contributed by atoms with Crippen LogP contribution in [0.4, 0.5) is 0 Å². The first kappa shape index (κ1) is 17.2. The Bertz CT molecular complexity index is 607. The summed E-state index contributed by atoms with van der Waals surface area (Å²) in [6, 6.07) is 4.44. The van der Waals surface area contributed by atoms with Gasteiger partial charge in [0.1, 0.15) is 6.04 Å². The third-order valence-electron chi connectivity index (χ3n) is 2.99. The van der Waals surface area contributed by atoms with E-state index in [2.05, 4.69) is 5.32 Å². The van der Waals surface area contributed by atoms with E-state index in [1.165, 1.54) is 24.3 Å². The molecule has 0 aliphatic heterocycles. The highest BCUT2D eigenvalue weighted by Gasteiger charge is 2.20. The maximum atomic E-state index is 12.0. The molecule has 1 aromatic carbocycles. The zero-order valence-corrected chi connectivity index (χ0v) is 12.8. The predicted octanol–water partition coefficient (Wildman–Crippen LogP) is 1.46. The number of sulfone groups is 1. The van der Waals surface area contributed by atoms with Crippen LogP contribution >= 0.6 is 0 Å². The Balaban J connectivity index is 2.81. The minimum atomic E-state index is -3.32. The number of unbranched alkanes of at least 4 members (excludes halogenated alkanes) is 1. The van der Waals surface area contributed by atoms with Crippen LogP contribution in [0.1, 0.15) is 36.5 Å². The van der Waals surface area contributed by atoms with Crippen molar-refractivity contribution in [1.82, 2.24) is 5.32 Å². The van der Waals surface area contributed by atoms with Crippen molar-refractivity contribution < 1.29 is 23.1 Å². The quantitative estimate of drug-likeness (QED) is 0.793. The van der Waals surface area contributed by atoms with Gasteiger partial charge in [-0.2, -0.15) is 0 Å². The fourth-order valence-electron chi connectivity index (χ4n) is 1.76. The second kappa shape index (κ2) is 7.21. The van der Waals surface area contributed by atoms with Gasteiger partial charge in [-0.25, -0.2) is 13.2 Å². The Morgan fingerprint density at radius 2 is 1.81 bits per heavy atom. The van der Waals surface area contributed by atoms with E-state index in [0.717, 1.165) is 12.7 Å². The van der Waals surface area contributed by atoms with Gasteiger partial charge in [0.05, 0.1) is 4.90 Å². The Morgan fingerprint density at radius 3 is 2.24 bits per heavy atom. The normalized spacial score (nSPS) is 12.7. The van der Waals surface area contributed by atoms with Gasteiger partial charge in [0, 0.05) is 11.8 Å². The number of carboxylic acids is 1. The molecule has 116 valence electrons. The molecule has 0 saturated heterocycles. The molecule has 2 N–H and O–H groups in total. The average molecular weight is 313 g/mol. The summed E-state index contributed by atoms with van der Waals surface area (Å²) in [5.41, 5.74) is 0.227. The second-order valence-corrected chi connectivity index (χ2v) is 6.82. The Hall–Kier alpha value is -1.89. The van der Waals surface area contributed by atoms with Crippen LogP contribution in [0.2, 0.25) is 0 Å². The molecule has 7 heteroatoms. The highest BCUT2D eigenvalue weighted by atomic mass is 32.2. The lowest BCUT2D eigenvalue weighted by Gasteiger charge is -2.14. The summed E-state index contributed by atoms with van der Waals surface area (Å²) in [5.74, 6) is -1.61. The number of carbonyl (C=O) groups is 2. The number of nitrogens with one attached hydrogen (secondary N) is 1. The van der Waals surface area contributed by atoms with Crippen molar-refractivity contribution in [3.8, 4) is 0 Å². The number of hydrogen-bond donors (Lipinski definition) is 2. The SMILES string of the molecule is CCCC[C@H](NC(=O)c1ccc(S(C)(=O)=O)cc1)C(=O)O. The molecule has 0 bridgehead atoms. The Kier molecular flexibility index (Phi) is 5.90. The van der Waals surface area contributed by atoms with E-state index in [1.54, 1.807) is 0 Å². The first-order valence-electron chi connectivity index (χ1n) is 6.59. The molecular weight excluding hydrogens is 294 g/mol. The maximum absolute atomic E-state index is 12.0. The fourth-order valence-corrected chi connectivity index (χ4v) is 2.39. The lowest BCUT2D eigenvalue weighted by Crippen LogP contribution is -2.40. The molecule has 1 aromatic rings. The van der Waals surface area contributed by atoms with E-state index in [-0.39, 0.29) is 10.5 Å². The van der Waals surface area contributed by atoms with Gasteiger partial charge in [-0.3, -0.25) is 4.79 Å². The topological polar surface area (TPSA) is 101 Å². The Morgan fingerprint density at radius 1 is 1.24 bits per heavy atom. The number of carbonyl (C=O) groups excluding carboxylic acids is 1. The summed E-state index contributed by atoms with van der Waals surface area (Å²) in [4.78, 5) is 23.1. The lowest BCUT2D eigenvalue weighted by atomic mass is 10.1. The van der Waals surface area contributed by atoms with Crippen LogP contribution in [0.3, 0.4) is 0 Å². The molecule has 1 atom stereocenters. The van der Waals surface area contributed by atoms with Crippen LogP contribution in [0.25, 0.3) is 0 Å². The van der Waals surface area contributed by atoms with Crippen LogP contribution in [-0.2, 0) is 14.6 Å². The van der Waals surface area contributed by atoms with Crippen LogP contribution in [0.5, 0.6) is 0 Å². The first-order chi connectivity index (χ1) is 9.75. The van der Waals surface area contributed by atoms with Crippen LogP contribution in [-0.4, -0.2) is 37.7 Å². The van der Waals surface area contributed by atoms with Crippen molar-refractivity contribution in [3.63, 3.8) is 0 Å². The van der Waals surface area contributed by atoms with Gasteiger partial charge in [0.25, 0.3) is 5.91 Å². The summed E-state index contributed by atoms with van der Waals surface area (Å²) in [5, 5.41) is 11.5. The molecule has 1 amide bonds. The highest BCUT2D eigenvalue weighted by Crippen LogP contribution is 2.11.